The van der Waals surface area contributed by atoms with Crippen molar-refractivity contribution in [3.05, 3.63) is 0 Å². The smallest absolute Gasteiger partial charge is 0.0538 e. The Labute approximate surface area is 86.6 Å². The van der Waals surface area contributed by atoms with Crippen LogP contribution in [-0.4, -0.2) is 44.8 Å². The molecule has 0 radical (unpaired) electrons. The van der Waals surface area contributed by atoms with E-state index in [2.05, 4.69) is 11.9 Å². The van der Waals surface area contributed by atoms with Crippen molar-refractivity contribution in [1.29, 1.82) is 0 Å². The zero-order valence-corrected chi connectivity index (χ0v) is 9.17. The predicted molar refractivity (Wildman–Crippen MR) is 57.1 cm³/mol. The normalized spacial score (nSPS) is 36.4. The van der Waals surface area contributed by atoms with Crippen LogP contribution in [0.4, 0.5) is 0 Å². The third kappa shape index (κ3) is 1.81. The van der Waals surface area contributed by atoms with E-state index in [1.54, 1.807) is 0 Å². The summed E-state index contributed by atoms with van der Waals surface area (Å²) in [5, 5.41) is 0. The van der Waals surface area contributed by atoms with E-state index in [4.69, 9.17) is 10.5 Å². The maximum absolute atomic E-state index is 5.94. The number of nitrogens with two attached hydrogens (primary N) is 1. The van der Waals surface area contributed by atoms with Gasteiger partial charge in [0.1, 0.15) is 0 Å². The van der Waals surface area contributed by atoms with Crippen molar-refractivity contribution in [2.45, 2.75) is 19.3 Å². The maximum atomic E-state index is 5.94. The average Bonchev–Trinajstić information content (AvgIpc) is 2.68. The zero-order chi connectivity index (χ0) is 10.0. The van der Waals surface area contributed by atoms with Crippen molar-refractivity contribution < 1.29 is 4.74 Å². The molecule has 0 amide bonds. The Balaban J connectivity index is 1.98. The second kappa shape index (κ2) is 4.17. The third-order valence-corrected chi connectivity index (χ3v) is 4.12. The molecular formula is C11H22N2O. The summed E-state index contributed by atoms with van der Waals surface area (Å²) in [6.45, 7) is 5.08. The Morgan fingerprint density at radius 2 is 2.14 bits per heavy atom. The molecule has 3 heteroatoms. The predicted octanol–water partition coefficient (Wildman–Crippen LogP) is 0.694. The lowest BCUT2D eigenvalue weighted by Gasteiger charge is -2.40. The molecule has 2 rings (SSSR count). The van der Waals surface area contributed by atoms with Crippen LogP contribution in [0.1, 0.15) is 19.3 Å². The lowest BCUT2D eigenvalue weighted by atomic mass is 9.70. The van der Waals surface area contributed by atoms with Crippen LogP contribution in [0.3, 0.4) is 0 Å². The fourth-order valence-corrected chi connectivity index (χ4v) is 2.89. The number of ether oxygens (including phenoxy) is 1. The number of hydrogen-bond acceptors (Lipinski definition) is 3. The van der Waals surface area contributed by atoms with Crippen molar-refractivity contribution in [3.63, 3.8) is 0 Å². The minimum absolute atomic E-state index is 0.321. The standard InChI is InChI=1S/C11H22N2O/c1-13-5-2-10(3-6-13)11(8-12)4-7-14-9-11/h10H,2-9,12H2,1H3. The van der Waals surface area contributed by atoms with Crippen LogP contribution in [-0.2, 0) is 4.74 Å². The summed E-state index contributed by atoms with van der Waals surface area (Å²) < 4.78 is 5.54. The molecule has 3 nitrogen and oxygen atoms in total. The van der Waals surface area contributed by atoms with Crippen molar-refractivity contribution in [2.75, 3.05) is 39.9 Å². The van der Waals surface area contributed by atoms with Crippen molar-refractivity contribution in [2.24, 2.45) is 17.1 Å². The van der Waals surface area contributed by atoms with Crippen LogP contribution >= 0.6 is 0 Å². The van der Waals surface area contributed by atoms with Crippen LogP contribution in [0.15, 0.2) is 0 Å². The Morgan fingerprint density at radius 3 is 2.64 bits per heavy atom. The third-order valence-electron chi connectivity index (χ3n) is 4.12. The average molecular weight is 198 g/mol. The highest BCUT2D eigenvalue weighted by Gasteiger charge is 2.41. The fourth-order valence-electron chi connectivity index (χ4n) is 2.89. The molecule has 14 heavy (non-hydrogen) atoms. The molecule has 2 fully saturated rings. The lowest BCUT2D eigenvalue weighted by Crippen LogP contribution is -2.44. The molecule has 0 aromatic carbocycles. The molecular weight excluding hydrogens is 176 g/mol. The highest BCUT2D eigenvalue weighted by Crippen LogP contribution is 2.40. The highest BCUT2D eigenvalue weighted by molar-refractivity contribution is 4.92. The first-order valence-corrected chi connectivity index (χ1v) is 5.73. The molecule has 2 heterocycles. The number of piperidine rings is 1. The van der Waals surface area contributed by atoms with Crippen LogP contribution in [0.2, 0.25) is 0 Å². The number of hydrogen-bond donors (Lipinski definition) is 1. The molecule has 2 aliphatic rings. The van der Waals surface area contributed by atoms with E-state index in [9.17, 15) is 0 Å². The van der Waals surface area contributed by atoms with Gasteiger partial charge in [0.25, 0.3) is 0 Å². The van der Waals surface area contributed by atoms with Gasteiger partial charge in [-0.3, -0.25) is 0 Å². The molecule has 1 atom stereocenters. The maximum Gasteiger partial charge on any atom is 0.0538 e. The summed E-state index contributed by atoms with van der Waals surface area (Å²) in [5.74, 6) is 0.797. The minimum Gasteiger partial charge on any atom is -0.381 e. The van der Waals surface area contributed by atoms with Crippen molar-refractivity contribution in [1.82, 2.24) is 4.90 Å². The van der Waals surface area contributed by atoms with Gasteiger partial charge in [0.05, 0.1) is 6.61 Å². The van der Waals surface area contributed by atoms with Gasteiger partial charge in [-0.15, -0.1) is 0 Å². The van der Waals surface area contributed by atoms with Crippen LogP contribution in [0.5, 0.6) is 0 Å². The summed E-state index contributed by atoms with van der Waals surface area (Å²) in [4.78, 5) is 2.41. The molecule has 82 valence electrons. The largest absolute Gasteiger partial charge is 0.381 e. The first-order chi connectivity index (χ1) is 6.77. The molecule has 0 bridgehead atoms. The lowest BCUT2D eigenvalue weighted by molar-refractivity contribution is 0.0703. The van der Waals surface area contributed by atoms with Gasteiger partial charge in [0, 0.05) is 18.6 Å². The zero-order valence-electron chi connectivity index (χ0n) is 9.17. The Bertz CT molecular complexity index is 182. The Kier molecular flexibility index (Phi) is 3.10. The van der Waals surface area contributed by atoms with E-state index in [1.165, 1.54) is 32.4 Å². The van der Waals surface area contributed by atoms with Gasteiger partial charge in [-0.2, -0.15) is 0 Å². The molecule has 1 unspecified atom stereocenters. The van der Waals surface area contributed by atoms with Gasteiger partial charge in [0.2, 0.25) is 0 Å². The summed E-state index contributed by atoms with van der Waals surface area (Å²) >= 11 is 0. The van der Waals surface area contributed by atoms with Crippen molar-refractivity contribution >= 4 is 0 Å². The topological polar surface area (TPSA) is 38.5 Å². The minimum atomic E-state index is 0.321. The van der Waals surface area contributed by atoms with Crippen LogP contribution in [0.25, 0.3) is 0 Å². The van der Waals surface area contributed by atoms with E-state index in [-0.39, 0.29) is 0 Å². The molecule has 0 aliphatic carbocycles. The molecule has 0 saturated carbocycles. The van der Waals surface area contributed by atoms with Crippen molar-refractivity contribution in [3.8, 4) is 0 Å². The Hall–Kier alpha value is -0.120. The highest BCUT2D eigenvalue weighted by atomic mass is 16.5. The molecule has 0 spiro atoms. The second-order valence-electron chi connectivity index (χ2n) is 4.95. The van der Waals surface area contributed by atoms with Crippen LogP contribution < -0.4 is 5.73 Å². The fraction of sp³-hybridized carbons (Fsp3) is 1.00. The first-order valence-electron chi connectivity index (χ1n) is 5.73. The second-order valence-corrected chi connectivity index (χ2v) is 4.95. The summed E-state index contributed by atoms with van der Waals surface area (Å²) in [5.41, 5.74) is 6.26. The summed E-state index contributed by atoms with van der Waals surface area (Å²) in [7, 11) is 2.20. The Morgan fingerprint density at radius 1 is 1.43 bits per heavy atom. The quantitative estimate of drug-likeness (QED) is 0.709. The van der Waals surface area contributed by atoms with E-state index in [0.717, 1.165) is 25.7 Å². The number of nitrogens with zero attached hydrogens (tertiary/aromatic N) is 1. The summed E-state index contributed by atoms with van der Waals surface area (Å²) in [6, 6.07) is 0. The number of rotatable bonds is 2. The molecule has 0 aromatic heterocycles. The number of likely N-dealkylation sites (tertiary alicyclic amines) is 1. The van der Waals surface area contributed by atoms with Crippen LogP contribution in [0, 0.1) is 11.3 Å². The van der Waals surface area contributed by atoms with Gasteiger partial charge in [-0.25, -0.2) is 0 Å². The first kappa shape index (κ1) is 10.4. The molecule has 2 N–H and O–H groups in total. The van der Waals surface area contributed by atoms with E-state index in [0.29, 0.717) is 5.41 Å². The van der Waals surface area contributed by atoms with E-state index < -0.39 is 0 Å². The molecule has 2 aliphatic heterocycles. The van der Waals surface area contributed by atoms with E-state index >= 15 is 0 Å². The van der Waals surface area contributed by atoms with Gasteiger partial charge >= 0.3 is 0 Å². The van der Waals surface area contributed by atoms with Gasteiger partial charge in [0.15, 0.2) is 0 Å². The van der Waals surface area contributed by atoms with Gasteiger partial charge < -0.3 is 15.4 Å². The monoisotopic (exact) mass is 198 g/mol. The van der Waals surface area contributed by atoms with E-state index in [1.807, 2.05) is 0 Å². The van der Waals surface area contributed by atoms with Gasteiger partial charge in [-0.05, 0) is 45.3 Å². The molecule has 2 saturated heterocycles. The summed E-state index contributed by atoms with van der Waals surface area (Å²) in [6.07, 6.45) is 3.78. The van der Waals surface area contributed by atoms with Gasteiger partial charge in [-0.1, -0.05) is 0 Å². The SMILES string of the molecule is CN1CCC(C2(CN)CCOC2)CC1. The molecule has 0 aromatic rings.